The number of aliphatic hydroxyl groups is 2. The topological polar surface area (TPSA) is 65.4 Å². The first kappa shape index (κ1) is 24.5. The molecule has 0 spiro atoms. The van der Waals surface area contributed by atoms with Crippen molar-refractivity contribution < 1.29 is 19.7 Å². The molecule has 0 bridgehead atoms. The standard InChI is InChI=1S/C26H38N2O4/c1-19-5-7-25(21(3)13-19)31-17-23(29)15-27-9-11-28(12-10-27)16-24(30)18-32-26-8-6-20(2)14-22(26)4/h5-8,13-14,23-24,29-30H,9-12,15-18H2,1-4H3/t23-,24-/m0/s1. The van der Waals surface area contributed by atoms with Gasteiger partial charge in [0.05, 0.1) is 0 Å². The number of hydrogen-bond acceptors (Lipinski definition) is 6. The van der Waals surface area contributed by atoms with Gasteiger partial charge in [0.1, 0.15) is 36.9 Å². The molecule has 1 fully saturated rings. The molecule has 1 heterocycles. The Hall–Kier alpha value is -2.12. The Kier molecular flexibility index (Phi) is 8.93. The zero-order chi connectivity index (χ0) is 23.1. The number of benzene rings is 2. The SMILES string of the molecule is Cc1ccc(OC[C@@H](O)CN2CCN(C[C@H](O)COc3ccc(C)cc3C)CC2)c(C)c1. The van der Waals surface area contributed by atoms with E-state index in [0.717, 1.165) is 48.8 Å². The second kappa shape index (κ2) is 11.7. The number of nitrogens with zero attached hydrogens (tertiary/aromatic N) is 2. The molecule has 2 aromatic carbocycles. The fourth-order valence-corrected chi connectivity index (χ4v) is 4.15. The number of aliphatic hydroxyl groups excluding tert-OH is 2. The molecule has 0 aliphatic carbocycles. The molecule has 2 N–H and O–H groups in total. The summed E-state index contributed by atoms with van der Waals surface area (Å²) in [4.78, 5) is 4.51. The predicted molar refractivity (Wildman–Crippen MR) is 128 cm³/mol. The van der Waals surface area contributed by atoms with Crippen molar-refractivity contribution in [2.75, 3.05) is 52.5 Å². The summed E-state index contributed by atoms with van der Waals surface area (Å²) in [5.74, 6) is 1.66. The summed E-state index contributed by atoms with van der Waals surface area (Å²) < 4.78 is 11.6. The van der Waals surface area contributed by atoms with E-state index < -0.39 is 12.2 Å². The zero-order valence-electron chi connectivity index (χ0n) is 19.9. The third kappa shape index (κ3) is 7.48. The highest BCUT2D eigenvalue weighted by Crippen LogP contribution is 2.20. The van der Waals surface area contributed by atoms with Crippen LogP contribution in [-0.4, -0.2) is 84.7 Å². The van der Waals surface area contributed by atoms with Gasteiger partial charge in [0.15, 0.2) is 0 Å². The van der Waals surface area contributed by atoms with E-state index in [-0.39, 0.29) is 0 Å². The summed E-state index contributed by atoms with van der Waals surface area (Å²) in [5, 5.41) is 20.8. The second-order valence-corrected chi connectivity index (χ2v) is 9.07. The first-order valence-corrected chi connectivity index (χ1v) is 11.5. The summed E-state index contributed by atoms with van der Waals surface area (Å²) in [6.45, 7) is 13.4. The Balaban J connectivity index is 1.33. The van der Waals surface area contributed by atoms with Gasteiger partial charge in [-0.05, 0) is 51.0 Å². The molecule has 1 aliphatic heterocycles. The number of aryl methyl sites for hydroxylation is 4. The normalized spacial score (nSPS) is 17.2. The van der Waals surface area contributed by atoms with E-state index in [0.29, 0.717) is 26.3 Å². The summed E-state index contributed by atoms with van der Waals surface area (Å²) in [6.07, 6.45) is -1.06. The van der Waals surface area contributed by atoms with Gasteiger partial charge >= 0.3 is 0 Å². The lowest BCUT2D eigenvalue weighted by molar-refractivity contribution is 0.0239. The van der Waals surface area contributed by atoms with Gasteiger partial charge in [-0.1, -0.05) is 35.4 Å². The van der Waals surface area contributed by atoms with Gasteiger partial charge in [0.2, 0.25) is 0 Å². The average molecular weight is 443 g/mol. The van der Waals surface area contributed by atoms with Crippen molar-refractivity contribution in [1.29, 1.82) is 0 Å². The van der Waals surface area contributed by atoms with Crippen molar-refractivity contribution in [3.05, 3.63) is 58.7 Å². The van der Waals surface area contributed by atoms with Crippen LogP contribution in [0.3, 0.4) is 0 Å². The first-order valence-electron chi connectivity index (χ1n) is 11.5. The summed E-state index contributed by atoms with van der Waals surface area (Å²) in [6, 6.07) is 12.1. The molecule has 0 unspecified atom stereocenters. The van der Waals surface area contributed by atoms with Gasteiger partial charge in [-0.25, -0.2) is 0 Å². The Morgan fingerprint density at radius 2 is 1.06 bits per heavy atom. The van der Waals surface area contributed by atoms with Gasteiger partial charge in [-0.15, -0.1) is 0 Å². The van der Waals surface area contributed by atoms with Crippen molar-refractivity contribution >= 4 is 0 Å². The van der Waals surface area contributed by atoms with Crippen LogP contribution in [0, 0.1) is 27.7 Å². The predicted octanol–water partition coefficient (Wildman–Crippen LogP) is 2.72. The minimum Gasteiger partial charge on any atom is -0.491 e. The van der Waals surface area contributed by atoms with E-state index in [1.807, 2.05) is 38.1 Å². The summed E-state index contributed by atoms with van der Waals surface area (Å²) in [5.41, 5.74) is 4.59. The average Bonchev–Trinajstić information content (AvgIpc) is 2.74. The Bertz CT molecular complexity index is 793. The molecule has 6 heteroatoms. The molecule has 176 valence electrons. The molecule has 2 atom stereocenters. The van der Waals surface area contributed by atoms with E-state index in [1.165, 1.54) is 11.1 Å². The van der Waals surface area contributed by atoms with Gasteiger partial charge in [0, 0.05) is 39.3 Å². The Labute approximate surface area is 192 Å². The smallest absolute Gasteiger partial charge is 0.122 e. The van der Waals surface area contributed by atoms with E-state index in [2.05, 4.69) is 35.8 Å². The maximum Gasteiger partial charge on any atom is 0.122 e. The molecule has 6 nitrogen and oxygen atoms in total. The van der Waals surface area contributed by atoms with Crippen LogP contribution < -0.4 is 9.47 Å². The van der Waals surface area contributed by atoms with Crippen LogP contribution in [0.15, 0.2) is 36.4 Å². The maximum atomic E-state index is 10.4. The number of rotatable bonds is 10. The molecule has 0 amide bonds. The lowest BCUT2D eigenvalue weighted by Crippen LogP contribution is -2.51. The van der Waals surface area contributed by atoms with Gasteiger partial charge in [0.25, 0.3) is 0 Å². The maximum absolute atomic E-state index is 10.4. The lowest BCUT2D eigenvalue weighted by atomic mass is 10.1. The number of hydrogen-bond donors (Lipinski definition) is 2. The largest absolute Gasteiger partial charge is 0.491 e. The fourth-order valence-electron chi connectivity index (χ4n) is 4.15. The number of β-amino-alcohol motifs (C(OH)–C–C–N with tert-alkyl or cyclic N) is 2. The monoisotopic (exact) mass is 442 g/mol. The highest BCUT2D eigenvalue weighted by Gasteiger charge is 2.21. The van der Waals surface area contributed by atoms with Crippen LogP contribution in [-0.2, 0) is 0 Å². The second-order valence-electron chi connectivity index (χ2n) is 9.07. The van der Waals surface area contributed by atoms with Gasteiger partial charge in [-0.3, -0.25) is 9.80 Å². The van der Waals surface area contributed by atoms with Crippen LogP contribution in [0.25, 0.3) is 0 Å². The molecule has 32 heavy (non-hydrogen) atoms. The van der Waals surface area contributed by atoms with Crippen molar-refractivity contribution in [3.63, 3.8) is 0 Å². The molecule has 2 aromatic rings. The van der Waals surface area contributed by atoms with Gasteiger partial charge < -0.3 is 19.7 Å². The van der Waals surface area contributed by atoms with Gasteiger partial charge in [-0.2, -0.15) is 0 Å². The van der Waals surface area contributed by atoms with Crippen LogP contribution in [0.4, 0.5) is 0 Å². The first-order chi connectivity index (χ1) is 15.3. The van der Waals surface area contributed by atoms with E-state index in [1.54, 1.807) is 0 Å². The van der Waals surface area contributed by atoms with Crippen molar-refractivity contribution in [2.45, 2.75) is 39.9 Å². The summed E-state index contributed by atoms with van der Waals surface area (Å²) in [7, 11) is 0. The van der Waals surface area contributed by atoms with E-state index in [9.17, 15) is 10.2 Å². The van der Waals surface area contributed by atoms with Crippen LogP contribution in [0.1, 0.15) is 22.3 Å². The highest BCUT2D eigenvalue weighted by atomic mass is 16.5. The molecule has 1 saturated heterocycles. The lowest BCUT2D eigenvalue weighted by Gasteiger charge is -2.36. The van der Waals surface area contributed by atoms with Crippen molar-refractivity contribution in [1.82, 2.24) is 9.80 Å². The van der Waals surface area contributed by atoms with E-state index >= 15 is 0 Å². The molecular formula is C26H38N2O4. The number of ether oxygens (including phenoxy) is 2. The fraction of sp³-hybridized carbons (Fsp3) is 0.538. The molecule has 0 aromatic heterocycles. The van der Waals surface area contributed by atoms with Crippen molar-refractivity contribution in [2.24, 2.45) is 0 Å². The van der Waals surface area contributed by atoms with Crippen molar-refractivity contribution in [3.8, 4) is 11.5 Å². The molecule has 1 aliphatic rings. The molecule has 3 rings (SSSR count). The zero-order valence-corrected chi connectivity index (χ0v) is 19.9. The molecule has 0 radical (unpaired) electrons. The molecular weight excluding hydrogens is 404 g/mol. The highest BCUT2D eigenvalue weighted by molar-refractivity contribution is 5.36. The minimum atomic E-state index is -0.529. The van der Waals surface area contributed by atoms with Crippen LogP contribution in [0.2, 0.25) is 0 Å². The quantitative estimate of drug-likeness (QED) is 0.590. The third-order valence-electron chi connectivity index (χ3n) is 5.93. The van der Waals surface area contributed by atoms with E-state index in [4.69, 9.17) is 9.47 Å². The Morgan fingerprint density at radius 3 is 1.41 bits per heavy atom. The number of piperazine rings is 1. The Morgan fingerprint density at radius 1 is 0.688 bits per heavy atom. The molecule has 0 saturated carbocycles. The van der Waals surface area contributed by atoms with Crippen LogP contribution >= 0.6 is 0 Å². The van der Waals surface area contributed by atoms with Crippen LogP contribution in [0.5, 0.6) is 11.5 Å². The third-order valence-corrected chi connectivity index (χ3v) is 5.93. The summed E-state index contributed by atoms with van der Waals surface area (Å²) >= 11 is 0. The minimum absolute atomic E-state index is 0.290.